The average molecular weight is 121 g/mol. The Hall–Kier alpha value is -0.795. The van der Waals surface area contributed by atoms with E-state index >= 15 is 0 Å². The molecule has 0 saturated heterocycles. The molecule has 1 aromatic carbocycles. The van der Waals surface area contributed by atoms with E-state index in [-0.39, 0.29) is 0 Å². The summed E-state index contributed by atoms with van der Waals surface area (Å²) >= 11 is 0. The van der Waals surface area contributed by atoms with Gasteiger partial charge in [-0.2, -0.15) is 0 Å². The number of hydrogen-bond donors (Lipinski definition) is 2. The Bertz CT molecular complexity index is 176. The maximum Gasteiger partial charge on any atom is 0.410 e. The molecular formula is C6H8BNO. The van der Waals surface area contributed by atoms with Gasteiger partial charge in [0, 0.05) is 0 Å². The predicted molar refractivity (Wildman–Crippen MR) is 38.2 cm³/mol. The molecule has 0 unspecified atom stereocenters. The van der Waals surface area contributed by atoms with Crippen LogP contribution in [0.25, 0.3) is 0 Å². The zero-order chi connectivity index (χ0) is 6.69. The fraction of sp³-hybridized carbons (Fsp3) is 0. The quantitative estimate of drug-likeness (QED) is 0.484. The van der Waals surface area contributed by atoms with Crippen LogP contribution in [-0.4, -0.2) is 12.1 Å². The molecular weight excluding hydrogens is 113 g/mol. The van der Waals surface area contributed by atoms with Crippen molar-refractivity contribution in [3.05, 3.63) is 30.3 Å². The lowest BCUT2D eigenvalue weighted by atomic mass is 9.76. The first-order valence-corrected chi connectivity index (χ1v) is 2.79. The van der Waals surface area contributed by atoms with Crippen LogP contribution in [0.15, 0.2) is 30.3 Å². The summed E-state index contributed by atoms with van der Waals surface area (Å²) in [5.74, 6) is 0. The van der Waals surface area contributed by atoms with Crippen molar-refractivity contribution >= 4 is 12.5 Å². The molecule has 0 aliphatic heterocycles. The van der Waals surface area contributed by atoms with E-state index in [1.54, 1.807) is 12.1 Å². The van der Waals surface area contributed by atoms with E-state index in [1.807, 2.05) is 18.2 Å². The summed E-state index contributed by atoms with van der Waals surface area (Å²) in [5, 5.41) is 8.80. The van der Waals surface area contributed by atoms with Crippen molar-refractivity contribution in [1.82, 2.24) is 0 Å². The van der Waals surface area contributed by atoms with E-state index < -0.39 is 7.05 Å². The van der Waals surface area contributed by atoms with Gasteiger partial charge in [0.15, 0.2) is 0 Å². The summed E-state index contributed by atoms with van der Waals surface area (Å²) in [6, 6.07) is 9.12. The number of hydrogen-bond acceptors (Lipinski definition) is 2. The van der Waals surface area contributed by atoms with E-state index in [9.17, 15) is 0 Å². The maximum absolute atomic E-state index is 8.80. The van der Waals surface area contributed by atoms with Crippen LogP contribution in [0.1, 0.15) is 0 Å². The van der Waals surface area contributed by atoms with Gasteiger partial charge in [-0.1, -0.05) is 30.3 Å². The van der Waals surface area contributed by atoms with Gasteiger partial charge in [-0.15, -0.1) is 0 Å². The molecule has 3 N–H and O–H groups in total. The number of nitrogens with two attached hydrogens (primary N) is 1. The molecule has 0 amide bonds. The van der Waals surface area contributed by atoms with Gasteiger partial charge in [-0.25, -0.2) is 0 Å². The molecule has 0 aliphatic rings. The molecule has 2 nitrogen and oxygen atoms in total. The topological polar surface area (TPSA) is 46.2 Å². The second kappa shape index (κ2) is 2.66. The third-order valence-corrected chi connectivity index (χ3v) is 1.14. The Balaban J connectivity index is 2.85. The van der Waals surface area contributed by atoms with Crippen LogP contribution < -0.4 is 11.1 Å². The Morgan fingerprint density at radius 2 is 1.78 bits per heavy atom. The molecule has 46 valence electrons. The van der Waals surface area contributed by atoms with Crippen LogP contribution in [0, 0.1) is 0 Å². The minimum atomic E-state index is -0.841. The highest BCUT2D eigenvalue weighted by Crippen LogP contribution is 1.80. The molecule has 0 atom stereocenters. The molecule has 0 spiro atoms. The SMILES string of the molecule is NB(O)c1ccccc1. The van der Waals surface area contributed by atoms with Crippen molar-refractivity contribution in [3.63, 3.8) is 0 Å². The first-order chi connectivity index (χ1) is 4.30. The van der Waals surface area contributed by atoms with Gasteiger partial charge in [0.1, 0.15) is 0 Å². The Morgan fingerprint density at radius 3 is 2.11 bits per heavy atom. The van der Waals surface area contributed by atoms with E-state index in [2.05, 4.69) is 0 Å². The summed E-state index contributed by atoms with van der Waals surface area (Å²) in [6.45, 7) is 0. The van der Waals surface area contributed by atoms with Crippen molar-refractivity contribution in [2.24, 2.45) is 5.64 Å². The lowest BCUT2D eigenvalue weighted by Crippen LogP contribution is -2.39. The van der Waals surface area contributed by atoms with Gasteiger partial charge < -0.3 is 10.7 Å². The lowest BCUT2D eigenvalue weighted by Gasteiger charge is -1.95. The summed E-state index contributed by atoms with van der Waals surface area (Å²) in [7, 11) is -0.841. The van der Waals surface area contributed by atoms with Crippen LogP contribution in [0.3, 0.4) is 0 Å². The molecule has 0 radical (unpaired) electrons. The first kappa shape index (κ1) is 6.33. The fourth-order valence-electron chi connectivity index (χ4n) is 0.650. The average Bonchev–Trinajstić information content (AvgIpc) is 1.90. The van der Waals surface area contributed by atoms with Gasteiger partial charge in [0.25, 0.3) is 0 Å². The van der Waals surface area contributed by atoms with Gasteiger partial charge in [-0.3, -0.25) is 0 Å². The van der Waals surface area contributed by atoms with Crippen LogP contribution in [-0.2, 0) is 0 Å². The predicted octanol–water partition coefficient (Wildman–Crippen LogP) is -0.667. The molecule has 3 heteroatoms. The third-order valence-electron chi connectivity index (χ3n) is 1.14. The summed E-state index contributed by atoms with van der Waals surface area (Å²) in [6.07, 6.45) is 0. The summed E-state index contributed by atoms with van der Waals surface area (Å²) < 4.78 is 0. The van der Waals surface area contributed by atoms with E-state index in [1.165, 1.54) is 0 Å². The maximum atomic E-state index is 8.80. The Kier molecular flexibility index (Phi) is 1.87. The lowest BCUT2D eigenvalue weighted by molar-refractivity contribution is 0.588. The molecule has 0 heterocycles. The second-order valence-electron chi connectivity index (χ2n) is 1.86. The third kappa shape index (κ3) is 1.55. The molecule has 9 heavy (non-hydrogen) atoms. The van der Waals surface area contributed by atoms with Crippen LogP contribution >= 0.6 is 0 Å². The zero-order valence-electron chi connectivity index (χ0n) is 4.99. The second-order valence-corrected chi connectivity index (χ2v) is 1.86. The smallest absolute Gasteiger partial charge is 0.410 e. The largest absolute Gasteiger partial charge is 0.434 e. The zero-order valence-corrected chi connectivity index (χ0v) is 4.99. The summed E-state index contributed by atoms with van der Waals surface area (Å²) in [4.78, 5) is 0. The van der Waals surface area contributed by atoms with Crippen LogP contribution in [0.2, 0.25) is 0 Å². The highest BCUT2D eigenvalue weighted by Gasteiger charge is 2.04. The minimum absolute atomic E-state index is 0.748. The monoisotopic (exact) mass is 121 g/mol. The number of rotatable bonds is 1. The normalized spacial score (nSPS) is 9.11. The van der Waals surface area contributed by atoms with Gasteiger partial charge in [0.2, 0.25) is 0 Å². The fourth-order valence-corrected chi connectivity index (χ4v) is 0.650. The van der Waals surface area contributed by atoms with Crippen LogP contribution in [0.4, 0.5) is 0 Å². The van der Waals surface area contributed by atoms with E-state index in [0.717, 1.165) is 5.46 Å². The number of benzene rings is 1. The molecule has 1 rings (SSSR count). The van der Waals surface area contributed by atoms with Crippen molar-refractivity contribution in [2.45, 2.75) is 0 Å². The molecule has 0 aliphatic carbocycles. The van der Waals surface area contributed by atoms with Crippen molar-refractivity contribution in [2.75, 3.05) is 0 Å². The first-order valence-electron chi connectivity index (χ1n) is 2.79. The van der Waals surface area contributed by atoms with Gasteiger partial charge in [-0.05, 0) is 5.46 Å². The molecule has 0 aromatic heterocycles. The highest BCUT2D eigenvalue weighted by molar-refractivity contribution is 6.62. The molecule has 0 bridgehead atoms. The highest BCUT2D eigenvalue weighted by atomic mass is 16.2. The minimum Gasteiger partial charge on any atom is -0.434 e. The standard InChI is InChI=1S/C6H8BNO/c8-7(9)6-4-2-1-3-5-6/h1-5,9H,8H2. The van der Waals surface area contributed by atoms with E-state index in [0.29, 0.717) is 0 Å². The van der Waals surface area contributed by atoms with Crippen molar-refractivity contribution in [1.29, 1.82) is 0 Å². The van der Waals surface area contributed by atoms with E-state index in [4.69, 9.17) is 10.7 Å². The summed E-state index contributed by atoms with van der Waals surface area (Å²) in [5.41, 5.74) is 5.92. The molecule has 0 fully saturated rings. The Labute approximate surface area is 54.4 Å². The van der Waals surface area contributed by atoms with Crippen molar-refractivity contribution in [3.8, 4) is 0 Å². The molecule has 0 saturated carbocycles. The van der Waals surface area contributed by atoms with Crippen LogP contribution in [0.5, 0.6) is 0 Å². The van der Waals surface area contributed by atoms with Crippen molar-refractivity contribution < 1.29 is 5.02 Å². The van der Waals surface area contributed by atoms with Gasteiger partial charge >= 0.3 is 7.05 Å². The Morgan fingerprint density at radius 1 is 1.22 bits per heavy atom. The molecule has 1 aromatic rings. The van der Waals surface area contributed by atoms with Gasteiger partial charge in [0.05, 0.1) is 0 Å².